The van der Waals surface area contributed by atoms with Gasteiger partial charge in [0.15, 0.2) is 0 Å². The molecule has 2 rings (SSSR count). The zero-order valence-corrected chi connectivity index (χ0v) is 14.2. The molecule has 130 valence electrons. The first kappa shape index (κ1) is 19.8. The van der Waals surface area contributed by atoms with Gasteiger partial charge in [-0.1, -0.05) is 0 Å². The molecule has 1 aliphatic rings. The topological polar surface area (TPSA) is 87.3 Å². The summed E-state index contributed by atoms with van der Waals surface area (Å²) >= 11 is 0. The minimum Gasteiger partial charge on any atom is -0.352 e. The molecule has 0 unspecified atom stereocenters. The molecule has 0 radical (unpaired) electrons. The number of hydrogen-bond acceptors (Lipinski definition) is 4. The molecule has 0 aliphatic carbocycles. The van der Waals surface area contributed by atoms with Gasteiger partial charge < -0.3 is 10.6 Å². The van der Waals surface area contributed by atoms with Crippen molar-refractivity contribution in [3.8, 4) is 0 Å². The molecule has 6 nitrogen and oxygen atoms in total. The Bertz CT molecular complexity index is 604. The average Bonchev–Trinajstić information content (AvgIpc) is 2.48. The van der Waals surface area contributed by atoms with Crippen LogP contribution in [0.2, 0.25) is 0 Å². The first-order valence-electron chi connectivity index (χ1n) is 7.23. The Morgan fingerprint density at radius 3 is 2.61 bits per heavy atom. The van der Waals surface area contributed by atoms with Crippen LogP contribution in [0.15, 0.2) is 29.2 Å². The molecule has 9 heteroatoms. The third kappa shape index (κ3) is 6.42. The molecule has 1 heterocycles. The predicted molar refractivity (Wildman–Crippen MR) is 87.5 cm³/mol. The van der Waals surface area contributed by atoms with Gasteiger partial charge in [-0.05, 0) is 43.7 Å². The maximum absolute atomic E-state index is 12.8. The molecule has 0 bridgehead atoms. The molecule has 23 heavy (non-hydrogen) atoms. The highest BCUT2D eigenvalue weighted by molar-refractivity contribution is 7.89. The summed E-state index contributed by atoms with van der Waals surface area (Å²) in [5.74, 6) is -0.685. The van der Waals surface area contributed by atoms with Crippen molar-refractivity contribution in [2.45, 2.75) is 30.2 Å². The van der Waals surface area contributed by atoms with Crippen LogP contribution in [0.25, 0.3) is 0 Å². The van der Waals surface area contributed by atoms with Crippen LogP contribution in [-0.2, 0) is 14.8 Å². The van der Waals surface area contributed by atoms with Crippen molar-refractivity contribution in [1.29, 1.82) is 0 Å². The lowest BCUT2D eigenvalue weighted by atomic mass is 10.1. The second-order valence-electron chi connectivity index (χ2n) is 5.21. The summed E-state index contributed by atoms with van der Waals surface area (Å²) in [4.78, 5) is 11.7. The maximum Gasteiger partial charge on any atom is 0.240 e. The summed E-state index contributed by atoms with van der Waals surface area (Å²) in [6.07, 6.45) is 2.01. The van der Waals surface area contributed by atoms with E-state index < -0.39 is 15.8 Å². The Labute approximate surface area is 141 Å². The summed E-state index contributed by atoms with van der Waals surface area (Å²) in [5.41, 5.74) is 0. The fourth-order valence-corrected chi connectivity index (χ4v) is 3.30. The van der Waals surface area contributed by atoms with Crippen molar-refractivity contribution in [1.82, 2.24) is 15.4 Å². The van der Waals surface area contributed by atoms with E-state index in [2.05, 4.69) is 15.4 Å². The zero-order valence-electron chi connectivity index (χ0n) is 12.5. The van der Waals surface area contributed by atoms with Crippen LogP contribution in [0.3, 0.4) is 0 Å². The summed E-state index contributed by atoms with van der Waals surface area (Å²) < 4.78 is 39.0. The molecular weight excluding hydrogens is 345 g/mol. The molecule has 3 N–H and O–H groups in total. The van der Waals surface area contributed by atoms with E-state index in [1.807, 2.05) is 0 Å². The first-order valence-corrected chi connectivity index (χ1v) is 8.71. The number of sulfonamides is 1. The molecule has 1 atom stereocenters. The van der Waals surface area contributed by atoms with Gasteiger partial charge in [-0.25, -0.2) is 17.5 Å². The molecule has 1 fully saturated rings. The Morgan fingerprint density at radius 1 is 1.30 bits per heavy atom. The molecule has 0 aromatic heterocycles. The zero-order chi connectivity index (χ0) is 16.0. The van der Waals surface area contributed by atoms with E-state index in [9.17, 15) is 17.6 Å². The summed E-state index contributed by atoms with van der Waals surface area (Å²) in [6.45, 7) is 1.71. The summed E-state index contributed by atoms with van der Waals surface area (Å²) in [7, 11) is -3.71. The van der Waals surface area contributed by atoms with Gasteiger partial charge >= 0.3 is 0 Å². The first-order chi connectivity index (χ1) is 10.5. The molecule has 0 spiro atoms. The predicted octanol–water partition coefficient (Wildman–Crippen LogP) is 0.784. The van der Waals surface area contributed by atoms with E-state index in [1.54, 1.807) is 0 Å². The van der Waals surface area contributed by atoms with Crippen LogP contribution < -0.4 is 15.4 Å². The van der Waals surface area contributed by atoms with E-state index in [4.69, 9.17) is 0 Å². The van der Waals surface area contributed by atoms with Crippen molar-refractivity contribution in [3.63, 3.8) is 0 Å². The molecule has 0 saturated carbocycles. The standard InChI is InChI=1S/C14H20FN3O3S.ClH/c15-11-3-5-13(6-4-11)22(20,21)17-9-7-14(19)18-12-2-1-8-16-10-12;/h3-6,12,16-17H,1-2,7-10H2,(H,18,19);1H/t12-;/m0./s1. The van der Waals surface area contributed by atoms with Crippen LogP contribution in [0.4, 0.5) is 4.39 Å². The number of nitrogens with one attached hydrogen (secondary N) is 3. The fraction of sp³-hybridized carbons (Fsp3) is 0.500. The van der Waals surface area contributed by atoms with E-state index in [0.29, 0.717) is 0 Å². The van der Waals surface area contributed by atoms with Gasteiger partial charge in [0.05, 0.1) is 4.90 Å². The second kappa shape index (κ2) is 9.17. The average molecular weight is 366 g/mol. The summed E-state index contributed by atoms with van der Waals surface area (Å²) in [6, 6.07) is 4.64. The van der Waals surface area contributed by atoms with Crippen molar-refractivity contribution in [2.75, 3.05) is 19.6 Å². The lowest BCUT2D eigenvalue weighted by molar-refractivity contribution is -0.121. The second-order valence-corrected chi connectivity index (χ2v) is 6.98. The minimum atomic E-state index is -3.71. The highest BCUT2D eigenvalue weighted by Gasteiger charge is 2.17. The minimum absolute atomic E-state index is 0. The van der Waals surface area contributed by atoms with Crippen molar-refractivity contribution < 1.29 is 17.6 Å². The third-order valence-corrected chi connectivity index (χ3v) is 4.91. The number of rotatable bonds is 6. The number of benzene rings is 1. The van der Waals surface area contributed by atoms with Crippen LogP contribution >= 0.6 is 12.4 Å². The Hall–Kier alpha value is -1.22. The van der Waals surface area contributed by atoms with Crippen LogP contribution in [0.1, 0.15) is 19.3 Å². The lowest BCUT2D eigenvalue weighted by Crippen LogP contribution is -2.46. The molecule has 1 aromatic carbocycles. The molecule has 1 saturated heterocycles. The van der Waals surface area contributed by atoms with Gasteiger partial charge in [0.25, 0.3) is 0 Å². The van der Waals surface area contributed by atoms with Crippen molar-refractivity contribution in [2.24, 2.45) is 0 Å². The van der Waals surface area contributed by atoms with Crippen molar-refractivity contribution in [3.05, 3.63) is 30.1 Å². The highest BCUT2D eigenvalue weighted by Crippen LogP contribution is 2.09. The van der Waals surface area contributed by atoms with E-state index in [-0.39, 0.29) is 42.2 Å². The molecule has 1 amide bonds. The SMILES string of the molecule is Cl.O=C(CCNS(=O)(=O)c1ccc(F)cc1)N[C@H]1CCCNC1. The van der Waals surface area contributed by atoms with Gasteiger partial charge in [-0.15, -0.1) is 12.4 Å². The Kier molecular flexibility index (Phi) is 7.90. The van der Waals surface area contributed by atoms with Gasteiger partial charge in [-0.2, -0.15) is 0 Å². The van der Waals surface area contributed by atoms with Crippen molar-refractivity contribution >= 4 is 28.3 Å². The van der Waals surface area contributed by atoms with Gasteiger partial charge in [0.1, 0.15) is 5.82 Å². The highest BCUT2D eigenvalue weighted by atomic mass is 35.5. The molecular formula is C14H21ClFN3O3S. The van der Waals surface area contributed by atoms with E-state index in [1.165, 1.54) is 12.1 Å². The Morgan fingerprint density at radius 2 is 2.00 bits per heavy atom. The number of piperidine rings is 1. The van der Waals surface area contributed by atoms with Crippen LogP contribution in [-0.4, -0.2) is 40.0 Å². The Balaban J connectivity index is 0.00000264. The fourth-order valence-electron chi connectivity index (χ4n) is 2.27. The monoisotopic (exact) mass is 365 g/mol. The molecule has 1 aliphatic heterocycles. The largest absolute Gasteiger partial charge is 0.352 e. The smallest absolute Gasteiger partial charge is 0.240 e. The summed E-state index contributed by atoms with van der Waals surface area (Å²) in [5, 5.41) is 6.06. The molecule has 1 aromatic rings. The van der Waals surface area contributed by atoms with Gasteiger partial charge in [0, 0.05) is 25.6 Å². The van der Waals surface area contributed by atoms with Gasteiger partial charge in [-0.3, -0.25) is 4.79 Å². The maximum atomic E-state index is 12.8. The number of amides is 1. The normalized spacial score (nSPS) is 18.0. The number of halogens is 2. The van der Waals surface area contributed by atoms with Crippen LogP contribution in [0.5, 0.6) is 0 Å². The lowest BCUT2D eigenvalue weighted by Gasteiger charge is -2.23. The quantitative estimate of drug-likeness (QED) is 0.695. The van der Waals surface area contributed by atoms with Gasteiger partial charge in [0.2, 0.25) is 15.9 Å². The number of carbonyl (C=O) groups excluding carboxylic acids is 1. The van der Waals surface area contributed by atoms with Crippen LogP contribution in [0, 0.1) is 5.82 Å². The third-order valence-electron chi connectivity index (χ3n) is 3.43. The number of carbonyl (C=O) groups is 1. The van der Waals surface area contributed by atoms with E-state index in [0.717, 1.165) is 38.1 Å². The number of hydrogen-bond donors (Lipinski definition) is 3. The van der Waals surface area contributed by atoms with E-state index >= 15 is 0 Å².